The molecule has 0 saturated heterocycles. The van der Waals surface area contributed by atoms with Crippen LogP contribution in [0.5, 0.6) is 0 Å². The number of aliphatic imine (C=N–C) groups is 1. The molecule has 0 fully saturated rings. The number of furan rings is 1. The molecule has 1 aromatic heterocycles. The highest BCUT2D eigenvalue weighted by Gasteiger charge is 2.15. The molecule has 1 rings (SSSR count). The van der Waals surface area contributed by atoms with Gasteiger partial charge in [0.05, 0.1) is 12.8 Å². The van der Waals surface area contributed by atoms with Gasteiger partial charge in [-0.15, -0.1) is 24.0 Å². The molecule has 0 radical (unpaired) electrons. The van der Waals surface area contributed by atoms with E-state index in [1.54, 1.807) is 13.3 Å². The van der Waals surface area contributed by atoms with Gasteiger partial charge in [-0.1, -0.05) is 0 Å². The van der Waals surface area contributed by atoms with E-state index in [1.165, 1.54) is 0 Å². The van der Waals surface area contributed by atoms with Crippen LogP contribution in [-0.2, 0) is 11.3 Å². The summed E-state index contributed by atoms with van der Waals surface area (Å²) in [6, 6.07) is 3.74. The minimum Gasteiger partial charge on any atom is -0.467 e. The van der Waals surface area contributed by atoms with Gasteiger partial charge < -0.3 is 25.1 Å². The SMILES string of the molecule is CN=C(NCCCNC(=O)OC(C)(C)C)NCc1ccco1.I. The Morgan fingerprint density at radius 1 is 1.26 bits per heavy atom. The number of hydrogen-bond donors (Lipinski definition) is 3. The summed E-state index contributed by atoms with van der Waals surface area (Å²) in [6.07, 6.45) is 2.00. The maximum atomic E-state index is 11.4. The number of nitrogens with zero attached hydrogens (tertiary/aromatic N) is 1. The Hall–Kier alpha value is -1.45. The van der Waals surface area contributed by atoms with E-state index in [2.05, 4.69) is 20.9 Å². The summed E-state index contributed by atoms with van der Waals surface area (Å²) in [5.41, 5.74) is -0.472. The summed E-state index contributed by atoms with van der Waals surface area (Å²) < 4.78 is 10.4. The maximum Gasteiger partial charge on any atom is 0.407 e. The molecule has 23 heavy (non-hydrogen) atoms. The lowest BCUT2D eigenvalue weighted by atomic mass is 10.2. The average Bonchev–Trinajstić information content (AvgIpc) is 2.93. The van der Waals surface area contributed by atoms with Gasteiger partial charge in [0.15, 0.2) is 5.96 Å². The topological polar surface area (TPSA) is 87.9 Å². The number of halogens is 1. The molecule has 0 spiro atoms. The van der Waals surface area contributed by atoms with Crippen LogP contribution in [0, 0.1) is 0 Å². The first kappa shape index (κ1) is 21.6. The van der Waals surface area contributed by atoms with Gasteiger partial charge in [-0.2, -0.15) is 0 Å². The first-order chi connectivity index (χ1) is 10.4. The number of alkyl carbamates (subject to hydrolysis) is 1. The van der Waals surface area contributed by atoms with E-state index < -0.39 is 11.7 Å². The van der Waals surface area contributed by atoms with Gasteiger partial charge in [-0.25, -0.2) is 4.79 Å². The molecule has 3 N–H and O–H groups in total. The molecule has 0 aromatic carbocycles. The summed E-state index contributed by atoms with van der Waals surface area (Å²) >= 11 is 0. The third-order valence-electron chi connectivity index (χ3n) is 2.55. The Bertz CT molecular complexity index is 470. The van der Waals surface area contributed by atoms with Crippen molar-refractivity contribution in [3.8, 4) is 0 Å². The van der Waals surface area contributed by atoms with Crippen LogP contribution in [0.15, 0.2) is 27.8 Å². The predicted octanol–water partition coefficient (Wildman–Crippen LogP) is 2.48. The second-order valence-corrected chi connectivity index (χ2v) is 5.71. The smallest absolute Gasteiger partial charge is 0.407 e. The summed E-state index contributed by atoms with van der Waals surface area (Å²) in [6.45, 7) is 7.31. The van der Waals surface area contributed by atoms with E-state index >= 15 is 0 Å². The molecular formula is C15H27IN4O3. The zero-order chi connectivity index (χ0) is 16.4. The van der Waals surface area contributed by atoms with Crippen LogP contribution in [0.1, 0.15) is 33.0 Å². The van der Waals surface area contributed by atoms with Crippen LogP contribution in [0.4, 0.5) is 4.79 Å². The van der Waals surface area contributed by atoms with Crippen LogP contribution in [0.2, 0.25) is 0 Å². The summed E-state index contributed by atoms with van der Waals surface area (Å²) in [4.78, 5) is 15.6. The Labute approximate surface area is 154 Å². The van der Waals surface area contributed by atoms with Crippen molar-refractivity contribution in [1.29, 1.82) is 0 Å². The van der Waals surface area contributed by atoms with E-state index in [0.717, 1.165) is 12.2 Å². The van der Waals surface area contributed by atoms with Gasteiger partial charge >= 0.3 is 6.09 Å². The quantitative estimate of drug-likeness (QED) is 0.275. The summed E-state index contributed by atoms with van der Waals surface area (Å²) in [5.74, 6) is 1.53. The van der Waals surface area contributed by atoms with Crippen molar-refractivity contribution in [2.45, 2.75) is 39.3 Å². The second-order valence-electron chi connectivity index (χ2n) is 5.71. The highest BCUT2D eigenvalue weighted by molar-refractivity contribution is 14.0. The van der Waals surface area contributed by atoms with Gasteiger partial charge in [0.1, 0.15) is 11.4 Å². The van der Waals surface area contributed by atoms with Crippen molar-refractivity contribution in [3.05, 3.63) is 24.2 Å². The lowest BCUT2D eigenvalue weighted by Crippen LogP contribution is -2.38. The molecule has 1 aromatic rings. The summed E-state index contributed by atoms with van der Waals surface area (Å²) in [7, 11) is 1.70. The summed E-state index contributed by atoms with van der Waals surface area (Å²) in [5, 5.41) is 9.00. The van der Waals surface area contributed by atoms with E-state index in [0.29, 0.717) is 25.6 Å². The van der Waals surface area contributed by atoms with E-state index in [1.807, 2.05) is 32.9 Å². The van der Waals surface area contributed by atoms with Crippen molar-refractivity contribution in [3.63, 3.8) is 0 Å². The fraction of sp³-hybridized carbons (Fsp3) is 0.600. The third kappa shape index (κ3) is 10.8. The normalized spacial score (nSPS) is 11.4. The highest BCUT2D eigenvalue weighted by atomic mass is 127. The van der Waals surface area contributed by atoms with Gasteiger partial charge in [0.25, 0.3) is 0 Å². The third-order valence-corrected chi connectivity index (χ3v) is 2.55. The van der Waals surface area contributed by atoms with Crippen LogP contribution < -0.4 is 16.0 Å². The number of carbonyl (C=O) groups excluding carboxylic acids is 1. The predicted molar refractivity (Wildman–Crippen MR) is 101 cm³/mol. The zero-order valence-corrected chi connectivity index (χ0v) is 16.5. The first-order valence-corrected chi connectivity index (χ1v) is 7.34. The number of rotatable bonds is 6. The molecule has 0 aliphatic heterocycles. The first-order valence-electron chi connectivity index (χ1n) is 7.34. The van der Waals surface area contributed by atoms with E-state index in [9.17, 15) is 4.79 Å². The van der Waals surface area contributed by atoms with Crippen molar-refractivity contribution in [2.75, 3.05) is 20.1 Å². The van der Waals surface area contributed by atoms with E-state index in [4.69, 9.17) is 9.15 Å². The van der Waals surface area contributed by atoms with Crippen LogP contribution in [-0.4, -0.2) is 37.8 Å². The fourth-order valence-electron chi connectivity index (χ4n) is 1.60. The van der Waals surface area contributed by atoms with Gasteiger partial charge in [0.2, 0.25) is 0 Å². The zero-order valence-electron chi connectivity index (χ0n) is 14.1. The molecular weight excluding hydrogens is 411 g/mol. The maximum absolute atomic E-state index is 11.4. The van der Waals surface area contributed by atoms with Crippen molar-refractivity contribution in [1.82, 2.24) is 16.0 Å². The fourth-order valence-corrected chi connectivity index (χ4v) is 1.60. The number of ether oxygens (including phenoxy) is 1. The molecule has 1 heterocycles. The largest absolute Gasteiger partial charge is 0.467 e. The second kappa shape index (κ2) is 11.1. The Kier molecular flexibility index (Phi) is 10.4. The molecule has 0 bridgehead atoms. The minimum absolute atomic E-state index is 0. The number of amides is 1. The number of guanidine groups is 1. The Morgan fingerprint density at radius 3 is 2.52 bits per heavy atom. The van der Waals surface area contributed by atoms with Gasteiger partial charge in [0, 0.05) is 20.1 Å². The molecule has 8 heteroatoms. The molecule has 132 valence electrons. The molecule has 0 aliphatic rings. The monoisotopic (exact) mass is 438 g/mol. The molecule has 0 unspecified atom stereocenters. The molecule has 0 saturated carbocycles. The minimum atomic E-state index is -0.472. The van der Waals surface area contributed by atoms with Crippen molar-refractivity contribution in [2.24, 2.45) is 4.99 Å². The molecule has 1 amide bonds. The lowest BCUT2D eigenvalue weighted by Gasteiger charge is -2.19. The van der Waals surface area contributed by atoms with Crippen molar-refractivity contribution < 1.29 is 13.9 Å². The standard InChI is InChI=1S/C15H26N4O3.HI/c1-15(2,3)22-14(20)18-9-6-8-17-13(16-4)19-11-12-7-5-10-21-12;/h5,7,10H,6,8-9,11H2,1-4H3,(H,18,20)(H2,16,17,19);1H. The molecule has 0 aliphatic carbocycles. The van der Waals surface area contributed by atoms with Gasteiger partial charge in [-0.05, 0) is 39.3 Å². The van der Waals surface area contributed by atoms with Crippen LogP contribution in [0.3, 0.4) is 0 Å². The number of nitrogens with one attached hydrogen (secondary N) is 3. The molecule has 7 nitrogen and oxygen atoms in total. The Morgan fingerprint density at radius 2 is 1.96 bits per heavy atom. The lowest BCUT2D eigenvalue weighted by molar-refractivity contribution is 0.0527. The highest BCUT2D eigenvalue weighted by Crippen LogP contribution is 2.06. The number of carbonyl (C=O) groups is 1. The molecule has 0 atom stereocenters. The average molecular weight is 438 g/mol. The number of hydrogen-bond acceptors (Lipinski definition) is 4. The van der Waals surface area contributed by atoms with E-state index in [-0.39, 0.29) is 24.0 Å². The van der Waals surface area contributed by atoms with Crippen molar-refractivity contribution >= 4 is 36.0 Å². The van der Waals surface area contributed by atoms with Crippen LogP contribution >= 0.6 is 24.0 Å². The Balaban J connectivity index is 0.00000484. The van der Waals surface area contributed by atoms with Gasteiger partial charge in [-0.3, -0.25) is 4.99 Å². The van der Waals surface area contributed by atoms with Crippen LogP contribution in [0.25, 0.3) is 0 Å².